The van der Waals surface area contributed by atoms with Crippen molar-refractivity contribution in [3.8, 4) is 0 Å². The van der Waals surface area contributed by atoms with E-state index in [1.165, 1.54) is 11.1 Å². The number of nitrogens with zero attached hydrogens (tertiary/aromatic N) is 4. The van der Waals surface area contributed by atoms with Crippen LogP contribution in [0.4, 0.5) is 0 Å². The molecule has 0 aliphatic rings. The van der Waals surface area contributed by atoms with Crippen molar-refractivity contribution in [2.24, 2.45) is 12.0 Å². The Kier molecular flexibility index (Phi) is 7.30. The van der Waals surface area contributed by atoms with E-state index >= 15 is 0 Å². The summed E-state index contributed by atoms with van der Waals surface area (Å²) in [5.41, 5.74) is 2.53. The maximum atomic E-state index is 4.22. The molecule has 2 rings (SSSR count). The number of halogens is 1. The fourth-order valence-corrected chi connectivity index (χ4v) is 1.98. The number of aryl methyl sites for hydroxylation is 2. The average Bonchev–Trinajstić information content (AvgIpc) is 2.81. The second-order valence-electron chi connectivity index (χ2n) is 4.93. The Morgan fingerprint density at radius 1 is 1.14 bits per heavy atom. The van der Waals surface area contributed by atoms with E-state index in [1.54, 1.807) is 7.05 Å². The summed E-state index contributed by atoms with van der Waals surface area (Å²) in [6.45, 7) is 5.37. The molecule has 0 aliphatic carbocycles. The highest BCUT2D eigenvalue weighted by Crippen LogP contribution is 2.05. The molecule has 0 saturated heterocycles. The first kappa shape index (κ1) is 18.4. The first-order chi connectivity index (χ1) is 10.1. The monoisotopic (exact) mass is 414 g/mol. The van der Waals surface area contributed by atoms with Gasteiger partial charge >= 0.3 is 0 Å². The van der Waals surface area contributed by atoms with Gasteiger partial charge in [-0.2, -0.15) is 0 Å². The lowest BCUT2D eigenvalue weighted by Crippen LogP contribution is -2.37. The van der Waals surface area contributed by atoms with Crippen LogP contribution in [0.3, 0.4) is 0 Å². The standard InChI is InChI=1S/C15H22N6.HI/c1-11-7-5-6-8-13(11)9-17-15(16-3)18-10-14-20-19-12(2)21(14)4;/h5-8H,9-10H2,1-4H3,(H2,16,17,18);1H. The van der Waals surface area contributed by atoms with E-state index in [0.29, 0.717) is 6.54 Å². The van der Waals surface area contributed by atoms with Gasteiger partial charge in [0.1, 0.15) is 5.82 Å². The van der Waals surface area contributed by atoms with Gasteiger partial charge in [-0.1, -0.05) is 24.3 Å². The number of aromatic nitrogens is 3. The van der Waals surface area contributed by atoms with Crippen LogP contribution in [0.1, 0.15) is 22.8 Å². The molecule has 0 bridgehead atoms. The Bertz CT molecular complexity index is 635. The van der Waals surface area contributed by atoms with Crippen LogP contribution in [0, 0.1) is 13.8 Å². The van der Waals surface area contributed by atoms with Crippen molar-refractivity contribution >= 4 is 29.9 Å². The Hall–Kier alpha value is -1.64. The minimum Gasteiger partial charge on any atom is -0.352 e. The lowest BCUT2D eigenvalue weighted by molar-refractivity contribution is 0.717. The summed E-state index contributed by atoms with van der Waals surface area (Å²) in [4.78, 5) is 4.22. The predicted octanol–water partition coefficient (Wildman–Crippen LogP) is 1.92. The molecule has 0 saturated carbocycles. The summed E-state index contributed by atoms with van der Waals surface area (Å²) in [5.74, 6) is 2.53. The molecule has 2 N–H and O–H groups in total. The van der Waals surface area contributed by atoms with Crippen LogP contribution in [0.15, 0.2) is 29.3 Å². The topological polar surface area (TPSA) is 67.1 Å². The molecular weight excluding hydrogens is 391 g/mol. The van der Waals surface area contributed by atoms with E-state index in [4.69, 9.17) is 0 Å². The molecule has 6 nitrogen and oxygen atoms in total. The third-order valence-corrected chi connectivity index (χ3v) is 3.53. The highest BCUT2D eigenvalue weighted by atomic mass is 127. The van der Waals surface area contributed by atoms with Gasteiger partial charge in [-0.25, -0.2) is 0 Å². The van der Waals surface area contributed by atoms with Crippen molar-refractivity contribution < 1.29 is 0 Å². The van der Waals surface area contributed by atoms with Gasteiger partial charge < -0.3 is 15.2 Å². The number of guanidine groups is 1. The summed E-state index contributed by atoms with van der Waals surface area (Å²) in [7, 11) is 3.71. The number of nitrogens with one attached hydrogen (secondary N) is 2. The molecule has 22 heavy (non-hydrogen) atoms. The van der Waals surface area contributed by atoms with Crippen molar-refractivity contribution in [3.63, 3.8) is 0 Å². The predicted molar refractivity (Wildman–Crippen MR) is 99.4 cm³/mol. The molecule has 1 heterocycles. The van der Waals surface area contributed by atoms with Crippen LogP contribution >= 0.6 is 24.0 Å². The van der Waals surface area contributed by atoms with Gasteiger partial charge in [0.15, 0.2) is 11.8 Å². The molecule has 7 heteroatoms. The zero-order valence-electron chi connectivity index (χ0n) is 13.4. The zero-order valence-corrected chi connectivity index (χ0v) is 15.8. The van der Waals surface area contributed by atoms with Crippen LogP contribution in [-0.4, -0.2) is 27.8 Å². The number of hydrogen-bond acceptors (Lipinski definition) is 3. The SMILES string of the molecule is CN=C(NCc1ccccc1C)NCc1nnc(C)n1C.I. The molecule has 1 aromatic carbocycles. The van der Waals surface area contributed by atoms with E-state index in [0.717, 1.165) is 24.2 Å². The van der Waals surface area contributed by atoms with E-state index in [2.05, 4.69) is 44.9 Å². The molecule has 2 aromatic rings. The molecule has 0 atom stereocenters. The fraction of sp³-hybridized carbons (Fsp3) is 0.400. The maximum Gasteiger partial charge on any atom is 0.191 e. The second-order valence-corrected chi connectivity index (χ2v) is 4.93. The van der Waals surface area contributed by atoms with Gasteiger partial charge in [-0.15, -0.1) is 34.2 Å². The molecule has 1 aromatic heterocycles. The average molecular weight is 414 g/mol. The Balaban J connectivity index is 0.00000242. The second kappa shape index (κ2) is 8.72. The van der Waals surface area contributed by atoms with Crippen molar-refractivity contribution in [1.29, 1.82) is 0 Å². The van der Waals surface area contributed by atoms with Gasteiger partial charge in [-0.3, -0.25) is 4.99 Å². The quantitative estimate of drug-likeness (QED) is 0.456. The van der Waals surface area contributed by atoms with Gasteiger partial charge in [0.2, 0.25) is 0 Å². The fourth-order valence-electron chi connectivity index (χ4n) is 1.98. The van der Waals surface area contributed by atoms with Crippen LogP contribution in [0.2, 0.25) is 0 Å². The maximum absolute atomic E-state index is 4.22. The molecule has 0 fully saturated rings. The largest absolute Gasteiger partial charge is 0.352 e. The van der Waals surface area contributed by atoms with Gasteiger partial charge in [-0.05, 0) is 25.0 Å². The van der Waals surface area contributed by atoms with Crippen LogP contribution < -0.4 is 10.6 Å². The van der Waals surface area contributed by atoms with Crippen molar-refractivity contribution in [1.82, 2.24) is 25.4 Å². The highest BCUT2D eigenvalue weighted by Gasteiger charge is 2.06. The molecule has 0 aliphatic heterocycles. The van der Waals surface area contributed by atoms with Crippen LogP contribution in [0.25, 0.3) is 0 Å². The number of aliphatic imine (C=N–C) groups is 1. The van der Waals surface area contributed by atoms with Gasteiger partial charge in [0.05, 0.1) is 6.54 Å². The molecule has 0 spiro atoms. The van der Waals surface area contributed by atoms with Crippen LogP contribution in [0.5, 0.6) is 0 Å². The van der Waals surface area contributed by atoms with E-state index in [9.17, 15) is 0 Å². The molecular formula is C15H23IN6. The first-order valence-corrected chi connectivity index (χ1v) is 6.95. The molecule has 0 amide bonds. The van der Waals surface area contributed by atoms with E-state index in [1.807, 2.05) is 30.7 Å². The molecule has 0 unspecified atom stereocenters. The lowest BCUT2D eigenvalue weighted by Gasteiger charge is -2.12. The summed E-state index contributed by atoms with van der Waals surface area (Å²) >= 11 is 0. The van der Waals surface area contributed by atoms with Crippen molar-refractivity contribution in [2.45, 2.75) is 26.9 Å². The minimum atomic E-state index is 0. The van der Waals surface area contributed by atoms with E-state index in [-0.39, 0.29) is 24.0 Å². The van der Waals surface area contributed by atoms with Gasteiger partial charge in [0, 0.05) is 20.6 Å². The highest BCUT2D eigenvalue weighted by molar-refractivity contribution is 14.0. The first-order valence-electron chi connectivity index (χ1n) is 6.95. The molecule has 120 valence electrons. The number of benzene rings is 1. The minimum absolute atomic E-state index is 0. The molecule has 0 radical (unpaired) electrons. The van der Waals surface area contributed by atoms with Crippen molar-refractivity contribution in [3.05, 3.63) is 47.0 Å². The Morgan fingerprint density at radius 2 is 1.82 bits per heavy atom. The zero-order chi connectivity index (χ0) is 15.2. The Labute approximate surface area is 148 Å². The summed E-state index contributed by atoms with van der Waals surface area (Å²) < 4.78 is 1.96. The third kappa shape index (κ3) is 4.69. The van der Waals surface area contributed by atoms with E-state index < -0.39 is 0 Å². The smallest absolute Gasteiger partial charge is 0.191 e. The lowest BCUT2D eigenvalue weighted by atomic mass is 10.1. The van der Waals surface area contributed by atoms with Gasteiger partial charge in [0.25, 0.3) is 0 Å². The van der Waals surface area contributed by atoms with Crippen molar-refractivity contribution in [2.75, 3.05) is 7.05 Å². The Morgan fingerprint density at radius 3 is 2.41 bits per heavy atom. The van der Waals surface area contributed by atoms with Crippen LogP contribution in [-0.2, 0) is 20.1 Å². The summed E-state index contributed by atoms with van der Waals surface area (Å²) in [5, 5.41) is 14.7. The summed E-state index contributed by atoms with van der Waals surface area (Å²) in [6, 6.07) is 8.31. The summed E-state index contributed by atoms with van der Waals surface area (Å²) in [6.07, 6.45) is 0. The normalized spacial score (nSPS) is 11.0. The third-order valence-electron chi connectivity index (χ3n) is 3.53. The number of rotatable bonds is 4. The number of hydrogen-bond donors (Lipinski definition) is 2.